The Hall–Kier alpha value is -0.860. The van der Waals surface area contributed by atoms with Gasteiger partial charge in [-0.1, -0.05) is 52.0 Å². The zero-order chi connectivity index (χ0) is 11.5. The van der Waals surface area contributed by atoms with Crippen LogP contribution >= 0.6 is 0 Å². The zero-order valence-electron chi connectivity index (χ0n) is 10.1. The van der Waals surface area contributed by atoms with Crippen molar-refractivity contribution in [3.05, 3.63) is 35.4 Å². The molecule has 1 aromatic carbocycles. The molecule has 0 bridgehead atoms. The maximum absolute atomic E-state index is 5.13. The van der Waals surface area contributed by atoms with Gasteiger partial charge in [0, 0.05) is 5.92 Å². The fraction of sp³-hybridized carbons (Fsp3) is 0.538. The molecule has 0 aliphatic carbocycles. The van der Waals surface area contributed by atoms with Gasteiger partial charge in [-0.25, -0.2) is 5.90 Å². The summed E-state index contributed by atoms with van der Waals surface area (Å²) in [7, 11) is 0. The van der Waals surface area contributed by atoms with E-state index in [1.807, 2.05) is 0 Å². The molecule has 0 aromatic heterocycles. The van der Waals surface area contributed by atoms with Crippen LogP contribution in [-0.4, -0.2) is 6.61 Å². The average Bonchev–Trinajstić information content (AvgIpc) is 2.17. The normalized spacial score (nSPS) is 13.9. The summed E-state index contributed by atoms with van der Waals surface area (Å²) >= 11 is 0. The fourth-order valence-corrected chi connectivity index (χ4v) is 1.84. The first-order chi connectivity index (χ1) is 6.96. The first-order valence-electron chi connectivity index (χ1n) is 5.38. The second-order valence-electron chi connectivity index (χ2n) is 5.07. The molecule has 0 saturated carbocycles. The van der Waals surface area contributed by atoms with Crippen molar-refractivity contribution < 1.29 is 4.84 Å². The molecule has 1 unspecified atom stereocenters. The van der Waals surface area contributed by atoms with Crippen LogP contribution in [0, 0.1) is 0 Å². The van der Waals surface area contributed by atoms with Crippen molar-refractivity contribution in [3.63, 3.8) is 0 Å². The quantitative estimate of drug-likeness (QED) is 0.773. The van der Waals surface area contributed by atoms with Gasteiger partial charge in [-0.15, -0.1) is 0 Å². The molecule has 0 heterocycles. The molecule has 2 heteroatoms. The molecule has 0 fully saturated rings. The first kappa shape index (κ1) is 12.2. The van der Waals surface area contributed by atoms with Gasteiger partial charge >= 0.3 is 0 Å². The number of hydrogen-bond acceptors (Lipinski definition) is 2. The van der Waals surface area contributed by atoms with E-state index >= 15 is 0 Å². The Bertz CT molecular complexity index is 315. The molecule has 1 atom stereocenters. The fourth-order valence-electron chi connectivity index (χ4n) is 1.84. The average molecular weight is 207 g/mol. The third kappa shape index (κ3) is 3.05. The third-order valence-corrected chi connectivity index (χ3v) is 2.65. The second kappa shape index (κ2) is 4.77. The lowest BCUT2D eigenvalue weighted by Crippen LogP contribution is -2.17. The van der Waals surface area contributed by atoms with Crippen molar-refractivity contribution in [2.75, 3.05) is 6.61 Å². The van der Waals surface area contributed by atoms with Crippen molar-refractivity contribution in [1.82, 2.24) is 0 Å². The molecular formula is C13H21NO. The standard InChI is InChI=1S/C13H21NO/c1-10(9-15-14)11-7-5-6-8-12(11)13(2,3)4/h5-8,10H,9,14H2,1-4H3. The van der Waals surface area contributed by atoms with Crippen LogP contribution in [-0.2, 0) is 10.3 Å². The zero-order valence-corrected chi connectivity index (χ0v) is 10.1. The van der Waals surface area contributed by atoms with Crippen LogP contribution in [0.4, 0.5) is 0 Å². The highest BCUT2D eigenvalue weighted by atomic mass is 16.6. The van der Waals surface area contributed by atoms with E-state index in [2.05, 4.69) is 52.0 Å². The van der Waals surface area contributed by atoms with Crippen molar-refractivity contribution in [3.8, 4) is 0 Å². The van der Waals surface area contributed by atoms with Gasteiger partial charge in [-0.2, -0.15) is 0 Å². The smallest absolute Gasteiger partial charge is 0.0745 e. The van der Waals surface area contributed by atoms with Crippen LogP contribution in [0.25, 0.3) is 0 Å². The molecule has 15 heavy (non-hydrogen) atoms. The molecule has 2 N–H and O–H groups in total. The maximum Gasteiger partial charge on any atom is 0.0745 e. The summed E-state index contributed by atoms with van der Waals surface area (Å²) in [5.74, 6) is 5.46. The van der Waals surface area contributed by atoms with Gasteiger partial charge < -0.3 is 4.84 Å². The van der Waals surface area contributed by atoms with E-state index in [-0.39, 0.29) is 5.41 Å². The second-order valence-corrected chi connectivity index (χ2v) is 5.07. The highest BCUT2D eigenvalue weighted by Crippen LogP contribution is 2.30. The predicted octanol–water partition coefficient (Wildman–Crippen LogP) is 2.98. The van der Waals surface area contributed by atoms with Crippen LogP contribution in [0.2, 0.25) is 0 Å². The lowest BCUT2D eigenvalue weighted by molar-refractivity contribution is 0.126. The van der Waals surface area contributed by atoms with Crippen LogP contribution in [0.5, 0.6) is 0 Å². The third-order valence-electron chi connectivity index (χ3n) is 2.65. The Kier molecular flexibility index (Phi) is 3.89. The molecular weight excluding hydrogens is 186 g/mol. The van der Waals surface area contributed by atoms with Crippen LogP contribution in [0.1, 0.15) is 44.7 Å². The van der Waals surface area contributed by atoms with Crippen molar-refractivity contribution >= 4 is 0 Å². The predicted molar refractivity (Wildman–Crippen MR) is 63.7 cm³/mol. The molecule has 0 aliphatic rings. The Morgan fingerprint density at radius 2 is 1.87 bits per heavy atom. The van der Waals surface area contributed by atoms with Crippen LogP contribution in [0.15, 0.2) is 24.3 Å². The van der Waals surface area contributed by atoms with E-state index in [0.717, 1.165) is 0 Å². The van der Waals surface area contributed by atoms with Gasteiger partial charge in [0.25, 0.3) is 0 Å². The summed E-state index contributed by atoms with van der Waals surface area (Å²) in [5, 5.41) is 0. The van der Waals surface area contributed by atoms with Gasteiger partial charge in [0.05, 0.1) is 6.61 Å². The summed E-state index contributed by atoms with van der Waals surface area (Å²) in [4.78, 5) is 4.73. The monoisotopic (exact) mass is 207 g/mol. The van der Waals surface area contributed by atoms with Crippen molar-refractivity contribution in [1.29, 1.82) is 0 Å². The molecule has 84 valence electrons. The van der Waals surface area contributed by atoms with Gasteiger partial charge in [-0.3, -0.25) is 0 Å². The van der Waals surface area contributed by atoms with Gasteiger partial charge in [0.1, 0.15) is 0 Å². The van der Waals surface area contributed by atoms with E-state index in [4.69, 9.17) is 10.7 Å². The number of rotatable bonds is 3. The van der Waals surface area contributed by atoms with Crippen molar-refractivity contribution in [2.24, 2.45) is 5.90 Å². The largest absolute Gasteiger partial charge is 0.304 e. The Morgan fingerprint density at radius 1 is 1.27 bits per heavy atom. The van der Waals surface area contributed by atoms with E-state index in [0.29, 0.717) is 12.5 Å². The summed E-state index contributed by atoms with van der Waals surface area (Å²) in [5.41, 5.74) is 2.87. The minimum atomic E-state index is 0.166. The Balaban J connectivity index is 3.06. The molecule has 1 rings (SSSR count). The summed E-state index contributed by atoms with van der Waals surface area (Å²) in [6.45, 7) is 9.37. The number of hydrogen-bond donors (Lipinski definition) is 1. The maximum atomic E-state index is 5.13. The SMILES string of the molecule is CC(CON)c1ccccc1C(C)(C)C. The van der Waals surface area contributed by atoms with Crippen LogP contribution in [0.3, 0.4) is 0 Å². The number of benzene rings is 1. The van der Waals surface area contributed by atoms with Gasteiger partial charge in [0.2, 0.25) is 0 Å². The lowest BCUT2D eigenvalue weighted by atomic mass is 9.80. The van der Waals surface area contributed by atoms with E-state index in [9.17, 15) is 0 Å². The summed E-state index contributed by atoms with van der Waals surface area (Å²) in [6.07, 6.45) is 0. The Morgan fingerprint density at radius 3 is 2.40 bits per heavy atom. The number of nitrogens with two attached hydrogens (primary N) is 1. The molecule has 0 saturated heterocycles. The van der Waals surface area contributed by atoms with E-state index in [1.165, 1.54) is 11.1 Å². The summed E-state index contributed by atoms with van der Waals surface area (Å²) < 4.78 is 0. The Labute approximate surface area is 92.4 Å². The van der Waals surface area contributed by atoms with Crippen LogP contribution < -0.4 is 5.90 Å². The highest BCUT2D eigenvalue weighted by Gasteiger charge is 2.20. The molecule has 1 aromatic rings. The molecule has 0 spiro atoms. The first-order valence-corrected chi connectivity index (χ1v) is 5.38. The molecule has 2 nitrogen and oxygen atoms in total. The molecule has 0 aliphatic heterocycles. The van der Waals surface area contributed by atoms with Gasteiger partial charge in [-0.05, 0) is 16.5 Å². The van der Waals surface area contributed by atoms with Gasteiger partial charge in [0.15, 0.2) is 0 Å². The van der Waals surface area contributed by atoms with E-state index < -0.39 is 0 Å². The molecule has 0 radical (unpaired) electrons. The van der Waals surface area contributed by atoms with E-state index in [1.54, 1.807) is 0 Å². The summed E-state index contributed by atoms with van der Waals surface area (Å²) in [6, 6.07) is 8.49. The lowest BCUT2D eigenvalue weighted by Gasteiger charge is -2.25. The minimum absolute atomic E-state index is 0.166. The topological polar surface area (TPSA) is 35.2 Å². The highest BCUT2D eigenvalue weighted by molar-refractivity contribution is 5.35. The minimum Gasteiger partial charge on any atom is -0.304 e. The molecule has 0 amide bonds. The van der Waals surface area contributed by atoms with Crippen molar-refractivity contribution in [2.45, 2.75) is 39.0 Å².